The maximum Gasteiger partial charge on any atom is 0.181 e. The molecular weight excluding hydrogens is 304 g/mol. The summed E-state index contributed by atoms with van der Waals surface area (Å²) in [6.07, 6.45) is 2.33. The molecule has 0 aromatic carbocycles. The van der Waals surface area contributed by atoms with E-state index in [1.54, 1.807) is 13.8 Å². The number of carbonyl (C=O) groups excluding carboxylic acids is 3. The summed E-state index contributed by atoms with van der Waals surface area (Å²) in [6.45, 7) is 11.6. The van der Waals surface area contributed by atoms with E-state index >= 15 is 0 Å². The van der Waals surface area contributed by atoms with Gasteiger partial charge in [0.2, 0.25) is 0 Å². The standard InChI is InChI=1S/C20H32O4/c1-11(2)7-9-14-16(15(21)10-8-12(3)4)20(24)17(19(14)23)18(22)13(5)6/h11-14,16,22H,7-10H2,1-6H3/b18-17+. The van der Waals surface area contributed by atoms with Crippen LogP contribution in [0.5, 0.6) is 0 Å². The molecule has 0 aromatic heterocycles. The predicted octanol–water partition coefficient (Wildman–Crippen LogP) is 4.28. The van der Waals surface area contributed by atoms with Crippen molar-refractivity contribution < 1.29 is 19.5 Å². The third-order valence-corrected chi connectivity index (χ3v) is 4.69. The van der Waals surface area contributed by atoms with Gasteiger partial charge in [-0.1, -0.05) is 48.0 Å². The molecule has 0 heterocycles. The van der Waals surface area contributed by atoms with Gasteiger partial charge >= 0.3 is 0 Å². The molecule has 136 valence electrons. The van der Waals surface area contributed by atoms with Crippen LogP contribution < -0.4 is 0 Å². The van der Waals surface area contributed by atoms with E-state index in [2.05, 4.69) is 13.8 Å². The monoisotopic (exact) mass is 336 g/mol. The Hall–Kier alpha value is -1.45. The van der Waals surface area contributed by atoms with Gasteiger partial charge in [0.15, 0.2) is 11.6 Å². The first kappa shape index (κ1) is 20.6. The van der Waals surface area contributed by atoms with Gasteiger partial charge in [0, 0.05) is 18.3 Å². The summed E-state index contributed by atoms with van der Waals surface area (Å²) >= 11 is 0. The Morgan fingerprint density at radius 2 is 1.50 bits per heavy atom. The van der Waals surface area contributed by atoms with Crippen LogP contribution in [0.1, 0.15) is 67.2 Å². The fraction of sp³-hybridized carbons (Fsp3) is 0.750. The highest BCUT2D eigenvalue weighted by Gasteiger charge is 2.50. The van der Waals surface area contributed by atoms with Crippen LogP contribution >= 0.6 is 0 Å². The molecule has 2 atom stereocenters. The Kier molecular flexibility index (Phi) is 7.37. The largest absolute Gasteiger partial charge is 0.511 e. The van der Waals surface area contributed by atoms with E-state index in [1.165, 1.54) is 0 Å². The van der Waals surface area contributed by atoms with Crippen LogP contribution in [0.15, 0.2) is 11.3 Å². The summed E-state index contributed by atoms with van der Waals surface area (Å²) in [4.78, 5) is 38.1. The van der Waals surface area contributed by atoms with Crippen molar-refractivity contribution in [2.45, 2.75) is 67.2 Å². The Bertz CT molecular complexity index is 526. The highest BCUT2D eigenvalue weighted by atomic mass is 16.3. The van der Waals surface area contributed by atoms with Crippen molar-refractivity contribution in [3.63, 3.8) is 0 Å². The lowest BCUT2D eigenvalue weighted by Crippen LogP contribution is -2.27. The van der Waals surface area contributed by atoms with Crippen LogP contribution in [0.4, 0.5) is 0 Å². The lowest BCUT2D eigenvalue weighted by atomic mass is 9.84. The average molecular weight is 336 g/mol. The number of carbonyl (C=O) groups is 3. The molecule has 4 heteroatoms. The summed E-state index contributed by atoms with van der Waals surface area (Å²) in [5.74, 6) is -2.16. The van der Waals surface area contributed by atoms with Crippen molar-refractivity contribution in [1.82, 2.24) is 0 Å². The van der Waals surface area contributed by atoms with Crippen LogP contribution in [0, 0.1) is 29.6 Å². The molecule has 0 bridgehead atoms. The molecule has 1 aliphatic rings. The van der Waals surface area contributed by atoms with Crippen molar-refractivity contribution in [3.05, 3.63) is 11.3 Å². The second-order valence-corrected chi connectivity index (χ2v) is 8.10. The van der Waals surface area contributed by atoms with Gasteiger partial charge in [-0.3, -0.25) is 14.4 Å². The fourth-order valence-corrected chi connectivity index (χ4v) is 3.11. The molecule has 0 amide bonds. The summed E-state index contributed by atoms with van der Waals surface area (Å²) < 4.78 is 0. The first-order valence-corrected chi connectivity index (χ1v) is 9.12. The maximum absolute atomic E-state index is 12.7. The smallest absolute Gasteiger partial charge is 0.181 e. The van der Waals surface area contributed by atoms with Gasteiger partial charge in [-0.05, 0) is 24.7 Å². The van der Waals surface area contributed by atoms with E-state index in [0.717, 1.165) is 6.42 Å². The quantitative estimate of drug-likeness (QED) is 0.311. The minimum Gasteiger partial charge on any atom is -0.511 e. The van der Waals surface area contributed by atoms with Crippen molar-refractivity contribution >= 4 is 17.3 Å². The highest BCUT2D eigenvalue weighted by molar-refractivity contribution is 6.32. The minimum absolute atomic E-state index is 0.123. The van der Waals surface area contributed by atoms with E-state index < -0.39 is 17.6 Å². The third-order valence-electron chi connectivity index (χ3n) is 4.69. The number of ketones is 3. The molecule has 2 unspecified atom stereocenters. The molecule has 1 fully saturated rings. The normalized spacial score (nSPS) is 23.7. The molecule has 0 aliphatic heterocycles. The van der Waals surface area contributed by atoms with E-state index in [0.29, 0.717) is 31.1 Å². The molecule has 1 saturated carbocycles. The molecule has 1 aliphatic carbocycles. The van der Waals surface area contributed by atoms with Gasteiger partial charge < -0.3 is 5.11 Å². The molecule has 24 heavy (non-hydrogen) atoms. The number of aliphatic hydroxyl groups excluding tert-OH is 1. The van der Waals surface area contributed by atoms with E-state index in [4.69, 9.17) is 0 Å². The van der Waals surface area contributed by atoms with Crippen LogP contribution in [0.25, 0.3) is 0 Å². The minimum atomic E-state index is -0.897. The molecular formula is C20H32O4. The molecule has 0 radical (unpaired) electrons. The second-order valence-electron chi connectivity index (χ2n) is 8.10. The molecule has 0 aromatic rings. The van der Waals surface area contributed by atoms with Crippen molar-refractivity contribution in [2.75, 3.05) is 0 Å². The molecule has 1 N–H and O–H groups in total. The van der Waals surface area contributed by atoms with Crippen molar-refractivity contribution in [3.8, 4) is 0 Å². The molecule has 1 rings (SSSR count). The summed E-state index contributed by atoms with van der Waals surface area (Å²) in [5, 5.41) is 10.2. The number of aliphatic hydroxyl groups is 1. The highest BCUT2D eigenvalue weighted by Crippen LogP contribution is 2.37. The van der Waals surface area contributed by atoms with E-state index in [1.807, 2.05) is 13.8 Å². The molecule has 0 saturated heterocycles. The third kappa shape index (κ3) is 4.78. The zero-order valence-electron chi connectivity index (χ0n) is 15.9. The summed E-state index contributed by atoms with van der Waals surface area (Å²) in [7, 11) is 0. The Morgan fingerprint density at radius 3 is 1.96 bits per heavy atom. The number of Topliss-reactive ketones (excluding diaryl/α,β-unsaturated/α-hetero) is 3. The Morgan fingerprint density at radius 1 is 0.958 bits per heavy atom. The Labute approximate surface area is 145 Å². The number of hydrogen-bond donors (Lipinski definition) is 1. The van der Waals surface area contributed by atoms with Crippen LogP contribution in [-0.2, 0) is 14.4 Å². The average Bonchev–Trinajstić information content (AvgIpc) is 2.72. The second kappa shape index (κ2) is 8.59. The summed E-state index contributed by atoms with van der Waals surface area (Å²) in [5.41, 5.74) is -0.123. The summed E-state index contributed by atoms with van der Waals surface area (Å²) in [6, 6.07) is 0. The van der Waals surface area contributed by atoms with Crippen molar-refractivity contribution in [2.24, 2.45) is 29.6 Å². The van der Waals surface area contributed by atoms with Gasteiger partial charge in [-0.25, -0.2) is 0 Å². The predicted molar refractivity (Wildman–Crippen MR) is 94.6 cm³/mol. The molecule has 0 spiro atoms. The van der Waals surface area contributed by atoms with Gasteiger partial charge in [0.25, 0.3) is 0 Å². The number of allylic oxidation sites excluding steroid dienone is 2. The maximum atomic E-state index is 12.7. The zero-order chi connectivity index (χ0) is 18.6. The number of rotatable bonds is 8. The van der Waals surface area contributed by atoms with Crippen LogP contribution in [0.3, 0.4) is 0 Å². The van der Waals surface area contributed by atoms with Crippen LogP contribution in [-0.4, -0.2) is 22.5 Å². The Balaban J connectivity index is 3.15. The lowest BCUT2D eigenvalue weighted by Gasteiger charge is -2.17. The first-order valence-electron chi connectivity index (χ1n) is 9.12. The van der Waals surface area contributed by atoms with Gasteiger partial charge in [0.05, 0.1) is 11.5 Å². The van der Waals surface area contributed by atoms with Gasteiger partial charge in [-0.2, -0.15) is 0 Å². The van der Waals surface area contributed by atoms with Gasteiger partial charge in [-0.15, -0.1) is 0 Å². The van der Waals surface area contributed by atoms with E-state index in [-0.39, 0.29) is 28.8 Å². The van der Waals surface area contributed by atoms with Gasteiger partial charge in [0.1, 0.15) is 11.5 Å². The zero-order valence-corrected chi connectivity index (χ0v) is 15.9. The van der Waals surface area contributed by atoms with E-state index in [9.17, 15) is 19.5 Å². The fourth-order valence-electron chi connectivity index (χ4n) is 3.11. The topological polar surface area (TPSA) is 71.4 Å². The number of hydrogen-bond acceptors (Lipinski definition) is 4. The lowest BCUT2D eigenvalue weighted by molar-refractivity contribution is -0.133. The SMILES string of the molecule is CC(C)CCC(=O)C1C(=O)/C(=C(/O)C(C)C)C(=O)C1CCC(C)C. The molecule has 4 nitrogen and oxygen atoms in total. The van der Waals surface area contributed by atoms with Crippen LogP contribution in [0.2, 0.25) is 0 Å². The first-order chi connectivity index (χ1) is 11.1. The van der Waals surface area contributed by atoms with Crippen molar-refractivity contribution in [1.29, 1.82) is 0 Å².